The van der Waals surface area contributed by atoms with Gasteiger partial charge in [0.1, 0.15) is 18.3 Å². The van der Waals surface area contributed by atoms with Crippen LogP contribution in [0.1, 0.15) is 32.6 Å². The molecule has 0 radical (unpaired) electrons. The second-order valence-electron chi connectivity index (χ2n) is 7.57. The van der Waals surface area contributed by atoms with Gasteiger partial charge in [-0.15, -0.1) is 0 Å². The maximum absolute atomic E-state index is 12.4. The molecule has 2 aliphatic heterocycles. The maximum Gasteiger partial charge on any atom is 0.311 e. The molecule has 1 aromatic carbocycles. The molecule has 0 aliphatic carbocycles. The predicted octanol–water partition coefficient (Wildman–Crippen LogP) is 1.79. The molecule has 1 unspecified atom stereocenters. The summed E-state index contributed by atoms with van der Waals surface area (Å²) in [5, 5.41) is 10.6. The van der Waals surface area contributed by atoms with E-state index in [1.54, 1.807) is 20.8 Å². The summed E-state index contributed by atoms with van der Waals surface area (Å²) in [5.41, 5.74) is 0.135. The minimum atomic E-state index is -1.16. The minimum absolute atomic E-state index is 0.236. The Labute approximate surface area is 153 Å². The third-order valence-electron chi connectivity index (χ3n) is 4.47. The van der Waals surface area contributed by atoms with Gasteiger partial charge in [-0.25, -0.2) is 0 Å². The van der Waals surface area contributed by atoms with E-state index in [1.807, 2.05) is 30.3 Å². The molecule has 0 bridgehead atoms. The summed E-state index contributed by atoms with van der Waals surface area (Å²) in [6.07, 6.45) is -4.80. The Balaban J connectivity index is 1.82. The number of aliphatic hydroxyl groups is 1. The lowest BCUT2D eigenvalue weighted by atomic mass is 9.94. The summed E-state index contributed by atoms with van der Waals surface area (Å²) in [6.45, 7) is 5.50. The molecular formula is C19H26O7. The molecule has 0 aromatic heterocycles. The van der Waals surface area contributed by atoms with E-state index in [9.17, 15) is 9.90 Å². The number of carbonyl (C=O) groups is 1. The van der Waals surface area contributed by atoms with Crippen LogP contribution in [0.4, 0.5) is 0 Å². The highest BCUT2D eigenvalue weighted by atomic mass is 16.8. The Morgan fingerprint density at radius 1 is 1.19 bits per heavy atom. The van der Waals surface area contributed by atoms with Crippen molar-refractivity contribution in [2.24, 2.45) is 5.41 Å². The number of carbonyl (C=O) groups excluding carboxylic acids is 1. The average Bonchev–Trinajstić information content (AvgIpc) is 2.63. The second-order valence-corrected chi connectivity index (χ2v) is 7.57. The number of methoxy groups -OCH3 is 1. The highest BCUT2D eigenvalue weighted by Crippen LogP contribution is 2.36. The SMILES string of the molecule is CO[C@H]1O[C@@H]2COC(c3ccccc3)O[C@H]2[C@H](OC(=O)C(C)(C)C)[C@H]1O. The second kappa shape index (κ2) is 7.62. The van der Waals surface area contributed by atoms with Crippen LogP contribution in [0, 0.1) is 5.41 Å². The van der Waals surface area contributed by atoms with Crippen LogP contribution in [0.3, 0.4) is 0 Å². The maximum atomic E-state index is 12.4. The summed E-state index contributed by atoms with van der Waals surface area (Å²) in [5.74, 6) is -0.427. The number of fused-ring (bicyclic) bond motifs is 1. The van der Waals surface area contributed by atoms with Crippen LogP contribution in [-0.4, -0.2) is 55.5 Å². The molecule has 144 valence electrons. The van der Waals surface area contributed by atoms with E-state index < -0.39 is 48.4 Å². The van der Waals surface area contributed by atoms with Gasteiger partial charge in [0.05, 0.1) is 12.0 Å². The first-order valence-electron chi connectivity index (χ1n) is 8.70. The smallest absolute Gasteiger partial charge is 0.311 e. The fourth-order valence-corrected chi connectivity index (χ4v) is 2.97. The average molecular weight is 366 g/mol. The first-order chi connectivity index (χ1) is 12.3. The lowest BCUT2D eigenvalue weighted by molar-refractivity contribution is -0.359. The van der Waals surface area contributed by atoms with Crippen LogP contribution in [0.5, 0.6) is 0 Å². The molecule has 6 atom stereocenters. The van der Waals surface area contributed by atoms with Crippen LogP contribution in [-0.2, 0) is 28.5 Å². The first-order valence-corrected chi connectivity index (χ1v) is 8.70. The van der Waals surface area contributed by atoms with E-state index >= 15 is 0 Å². The monoisotopic (exact) mass is 366 g/mol. The zero-order chi connectivity index (χ0) is 18.9. The molecule has 0 amide bonds. The Morgan fingerprint density at radius 2 is 1.88 bits per heavy atom. The van der Waals surface area contributed by atoms with Gasteiger partial charge >= 0.3 is 5.97 Å². The summed E-state index contributed by atoms with van der Waals surface area (Å²) in [6, 6.07) is 9.45. The van der Waals surface area contributed by atoms with Gasteiger partial charge < -0.3 is 28.8 Å². The number of benzene rings is 1. The lowest BCUT2D eigenvalue weighted by Gasteiger charge is -2.47. The van der Waals surface area contributed by atoms with Gasteiger partial charge in [-0.1, -0.05) is 30.3 Å². The molecule has 2 heterocycles. The minimum Gasteiger partial charge on any atom is -0.456 e. The van der Waals surface area contributed by atoms with Crippen molar-refractivity contribution in [3.63, 3.8) is 0 Å². The highest BCUT2D eigenvalue weighted by Gasteiger charge is 2.52. The third kappa shape index (κ3) is 3.92. The number of hydrogen-bond donors (Lipinski definition) is 1. The van der Waals surface area contributed by atoms with Gasteiger partial charge in [-0.3, -0.25) is 4.79 Å². The molecule has 0 saturated carbocycles. The molecule has 0 spiro atoms. The Kier molecular flexibility index (Phi) is 5.64. The van der Waals surface area contributed by atoms with Crippen molar-refractivity contribution in [2.45, 2.75) is 57.8 Å². The lowest BCUT2D eigenvalue weighted by Crippen LogP contribution is -2.63. The molecule has 1 aromatic rings. The first kappa shape index (κ1) is 19.3. The van der Waals surface area contributed by atoms with Crippen molar-refractivity contribution < 1.29 is 33.6 Å². The zero-order valence-electron chi connectivity index (χ0n) is 15.5. The molecule has 2 saturated heterocycles. The number of rotatable bonds is 3. The van der Waals surface area contributed by atoms with Crippen molar-refractivity contribution in [3.8, 4) is 0 Å². The molecular weight excluding hydrogens is 340 g/mol. The van der Waals surface area contributed by atoms with Crippen molar-refractivity contribution in [1.82, 2.24) is 0 Å². The van der Waals surface area contributed by atoms with Crippen molar-refractivity contribution in [2.75, 3.05) is 13.7 Å². The fourth-order valence-electron chi connectivity index (χ4n) is 2.97. The molecule has 26 heavy (non-hydrogen) atoms. The Hall–Kier alpha value is -1.51. The predicted molar refractivity (Wildman–Crippen MR) is 91.0 cm³/mol. The van der Waals surface area contributed by atoms with Crippen LogP contribution in [0.25, 0.3) is 0 Å². The van der Waals surface area contributed by atoms with E-state index in [2.05, 4.69) is 0 Å². The van der Waals surface area contributed by atoms with E-state index in [4.69, 9.17) is 23.7 Å². The number of ether oxygens (including phenoxy) is 5. The summed E-state index contributed by atoms with van der Waals surface area (Å²) >= 11 is 0. The molecule has 3 rings (SSSR count). The summed E-state index contributed by atoms with van der Waals surface area (Å²) in [7, 11) is 1.42. The normalized spacial score (nSPS) is 34.8. The molecule has 2 fully saturated rings. The van der Waals surface area contributed by atoms with Gasteiger partial charge in [0.25, 0.3) is 0 Å². The van der Waals surface area contributed by atoms with Gasteiger partial charge in [-0.2, -0.15) is 0 Å². The zero-order valence-corrected chi connectivity index (χ0v) is 15.5. The van der Waals surface area contributed by atoms with Crippen molar-refractivity contribution in [3.05, 3.63) is 35.9 Å². The van der Waals surface area contributed by atoms with Gasteiger partial charge in [0.15, 0.2) is 18.7 Å². The van der Waals surface area contributed by atoms with Crippen LogP contribution < -0.4 is 0 Å². The van der Waals surface area contributed by atoms with Gasteiger partial charge in [0, 0.05) is 12.7 Å². The van der Waals surface area contributed by atoms with Crippen LogP contribution in [0.2, 0.25) is 0 Å². The molecule has 7 nitrogen and oxygen atoms in total. The van der Waals surface area contributed by atoms with E-state index in [-0.39, 0.29) is 6.61 Å². The van der Waals surface area contributed by atoms with E-state index in [0.29, 0.717) is 0 Å². The Morgan fingerprint density at radius 3 is 2.50 bits per heavy atom. The van der Waals surface area contributed by atoms with Gasteiger partial charge in [0.2, 0.25) is 0 Å². The van der Waals surface area contributed by atoms with E-state index in [0.717, 1.165) is 5.56 Å². The quantitative estimate of drug-likeness (QED) is 0.817. The largest absolute Gasteiger partial charge is 0.456 e. The molecule has 7 heteroatoms. The van der Waals surface area contributed by atoms with Crippen LogP contribution >= 0.6 is 0 Å². The van der Waals surface area contributed by atoms with Gasteiger partial charge in [-0.05, 0) is 20.8 Å². The van der Waals surface area contributed by atoms with Crippen molar-refractivity contribution >= 4 is 5.97 Å². The molecule has 1 N–H and O–H groups in total. The fraction of sp³-hybridized carbons (Fsp3) is 0.632. The topological polar surface area (TPSA) is 83.5 Å². The highest BCUT2D eigenvalue weighted by molar-refractivity contribution is 5.75. The summed E-state index contributed by atoms with van der Waals surface area (Å²) < 4.78 is 28.3. The summed E-state index contributed by atoms with van der Waals surface area (Å²) in [4.78, 5) is 12.4. The van der Waals surface area contributed by atoms with E-state index in [1.165, 1.54) is 7.11 Å². The standard InChI is InChI=1S/C19H26O7/c1-19(2,3)18(21)26-15-13(20)17(22-4)24-12-10-23-16(25-14(12)15)11-8-6-5-7-9-11/h5-9,12-17,20H,10H2,1-4H3/t12-,13-,14-,15-,16?,17+/m1/s1. The third-order valence-corrected chi connectivity index (χ3v) is 4.47. The number of esters is 1. The Bertz CT molecular complexity index is 612. The van der Waals surface area contributed by atoms with Crippen molar-refractivity contribution in [1.29, 1.82) is 0 Å². The molecule has 2 aliphatic rings. The number of aliphatic hydroxyl groups excluding tert-OH is 1. The van der Waals surface area contributed by atoms with Crippen LogP contribution in [0.15, 0.2) is 30.3 Å². The number of hydrogen-bond acceptors (Lipinski definition) is 7.